The van der Waals surface area contributed by atoms with Gasteiger partial charge in [0.1, 0.15) is 46.1 Å². The molecule has 6 fully saturated rings. The highest BCUT2D eigenvalue weighted by Gasteiger charge is 2.44. The fourth-order valence-electron chi connectivity index (χ4n) is 17.3. The quantitative estimate of drug-likeness (QED) is 0.0489. The molecule has 6 aliphatic heterocycles. The standard InChI is InChI=1S/C46H63N7O6.C46H59N7O4/c1-44(2,3)30-16-18-31(19-17-30)53-36(28-14-20-34(32(47)26-28)49-40(54)38-12-10-24-51(38)42(56)58-45(4,5)6)22-23-37(53)29-15-21-35(33(48)27-29)50-41(55)39-13-11-25-52(39)43(57)59-46(7,8)9;1-44(2,3)30-16-18-31(19-17-30)53-36(28-14-20-32-34(26-28)49-40(47-32)38-12-10-24-51(38)42(54)56-45(4,5)6)22-23-37(53)29-15-21-33-35(27-29)50-41(48-33)39-13-11-25-52(39)43(55)57-46(7,8)9/h14-21,26-27,36-39H,10-13,22-25,47-48H2,1-9H3,(H,49,54)(H,50,55);14-21,26-27,36-39H,10-13,22-25H2,1-9H3,(H,47,49)(H,48,50)/t36?,37?,38-,39-;/m0./s1. The Hall–Kier alpha value is -10.5. The molecule has 6 amide bonds. The average molecular weight is 1580 g/mol. The number of carbonyl (C=O) groups is 6. The number of likely N-dealkylation sites (tertiary alicyclic amines) is 4. The number of fused-ring (bicyclic) bond motifs is 2. The van der Waals surface area contributed by atoms with Crippen molar-refractivity contribution in [2.45, 2.75) is 283 Å². The maximum atomic E-state index is 13.5. The average Bonchev–Trinajstić information content (AvgIpc) is 1.61. The number of rotatable bonds is 12. The molecule has 0 saturated carbocycles. The van der Waals surface area contributed by atoms with Gasteiger partial charge in [0.25, 0.3) is 0 Å². The number of amides is 6. The molecule has 2 aromatic heterocycles. The van der Waals surface area contributed by atoms with Gasteiger partial charge in [-0.25, -0.2) is 29.1 Å². The van der Waals surface area contributed by atoms with E-state index in [-0.39, 0.29) is 71.1 Å². The zero-order chi connectivity index (χ0) is 83.5. The van der Waals surface area contributed by atoms with Crippen molar-refractivity contribution in [3.05, 3.63) is 166 Å². The predicted molar refractivity (Wildman–Crippen MR) is 458 cm³/mol. The third kappa shape index (κ3) is 18.9. The van der Waals surface area contributed by atoms with Crippen LogP contribution in [0.25, 0.3) is 22.1 Å². The number of nitrogen functional groups attached to an aromatic ring is 2. The predicted octanol–water partition coefficient (Wildman–Crippen LogP) is 19.9. The number of nitrogens with one attached hydrogen (secondary N) is 4. The molecule has 24 nitrogen and oxygen atoms in total. The number of imidazole rings is 2. The number of hydrogen-bond donors (Lipinski definition) is 6. The highest BCUT2D eigenvalue weighted by atomic mass is 16.6. The molecule has 0 spiro atoms. The summed E-state index contributed by atoms with van der Waals surface area (Å²) in [6.07, 6.45) is 8.05. The van der Waals surface area contributed by atoms with E-state index < -0.39 is 46.7 Å². The van der Waals surface area contributed by atoms with E-state index in [0.29, 0.717) is 74.6 Å². The number of benzene rings is 6. The maximum absolute atomic E-state index is 13.5. The van der Waals surface area contributed by atoms with Crippen LogP contribution < -0.4 is 31.9 Å². The van der Waals surface area contributed by atoms with Crippen LogP contribution in [-0.2, 0) is 39.4 Å². The summed E-state index contributed by atoms with van der Waals surface area (Å²) in [5.41, 5.74) is 25.7. The second-order valence-electron chi connectivity index (χ2n) is 38.4. The van der Waals surface area contributed by atoms with E-state index >= 15 is 0 Å². The van der Waals surface area contributed by atoms with E-state index in [0.717, 1.165) is 102 Å². The first-order chi connectivity index (χ1) is 54.5. The van der Waals surface area contributed by atoms with E-state index in [4.69, 9.17) is 40.4 Å². The van der Waals surface area contributed by atoms with Crippen molar-refractivity contribution in [3.8, 4) is 0 Å². The van der Waals surface area contributed by atoms with E-state index in [9.17, 15) is 28.8 Å². The van der Waals surface area contributed by atoms with Gasteiger partial charge >= 0.3 is 24.4 Å². The summed E-state index contributed by atoms with van der Waals surface area (Å²) in [6.45, 7) is 37.8. The zero-order valence-corrected chi connectivity index (χ0v) is 71.3. The van der Waals surface area contributed by atoms with Crippen molar-refractivity contribution in [2.75, 3.05) is 58.1 Å². The van der Waals surface area contributed by atoms with Gasteiger partial charge in [-0.1, -0.05) is 90.1 Å². The Kier molecular flexibility index (Phi) is 23.4. The lowest BCUT2D eigenvalue weighted by atomic mass is 9.87. The molecule has 8 aromatic rings. The van der Waals surface area contributed by atoms with Crippen LogP contribution in [0.3, 0.4) is 0 Å². The zero-order valence-electron chi connectivity index (χ0n) is 71.3. The van der Waals surface area contributed by atoms with Crippen molar-refractivity contribution in [1.82, 2.24) is 39.5 Å². The molecule has 6 aliphatic rings. The number of aromatic nitrogens is 4. The van der Waals surface area contributed by atoms with Crippen LogP contribution in [0.2, 0.25) is 0 Å². The molecular weight excluding hydrogens is 1460 g/mol. The molecule has 6 unspecified atom stereocenters. The van der Waals surface area contributed by atoms with Crippen molar-refractivity contribution in [2.24, 2.45) is 0 Å². The van der Waals surface area contributed by atoms with Gasteiger partial charge in [0.2, 0.25) is 11.8 Å². The highest BCUT2D eigenvalue weighted by Crippen LogP contribution is 2.51. The molecule has 0 bridgehead atoms. The number of ether oxygens (including phenoxy) is 4. The molecule has 0 radical (unpaired) electrons. The Labute approximate surface area is 683 Å². The molecule has 116 heavy (non-hydrogen) atoms. The minimum atomic E-state index is -0.667. The summed E-state index contributed by atoms with van der Waals surface area (Å²) in [5.74, 6) is 1.03. The van der Waals surface area contributed by atoms with Crippen molar-refractivity contribution in [3.63, 3.8) is 0 Å². The van der Waals surface area contributed by atoms with Crippen LogP contribution in [0, 0.1) is 0 Å². The number of nitrogens with two attached hydrogens (primary N) is 2. The molecule has 620 valence electrons. The van der Waals surface area contributed by atoms with Gasteiger partial charge in [0, 0.05) is 37.6 Å². The fraction of sp³-hybridized carbons (Fsp3) is 0.522. The molecule has 14 rings (SSSR count). The first kappa shape index (κ1) is 83.4. The molecule has 0 aliphatic carbocycles. The number of H-pyrrole nitrogens is 2. The van der Waals surface area contributed by atoms with Crippen LogP contribution in [0.15, 0.2) is 121 Å². The van der Waals surface area contributed by atoms with Crippen LogP contribution in [0.4, 0.5) is 53.3 Å². The van der Waals surface area contributed by atoms with Gasteiger partial charge in [0.15, 0.2) is 0 Å². The largest absolute Gasteiger partial charge is 0.444 e. The van der Waals surface area contributed by atoms with Crippen LogP contribution in [0.5, 0.6) is 0 Å². The lowest BCUT2D eigenvalue weighted by Gasteiger charge is -2.34. The summed E-state index contributed by atoms with van der Waals surface area (Å²) in [7, 11) is 0. The Bertz CT molecular complexity index is 4680. The Morgan fingerprint density at radius 3 is 0.966 bits per heavy atom. The first-order valence-electron chi connectivity index (χ1n) is 41.7. The number of anilines is 6. The summed E-state index contributed by atoms with van der Waals surface area (Å²) in [6, 6.07) is 41.1. The van der Waals surface area contributed by atoms with E-state index in [1.807, 2.05) is 129 Å². The second-order valence-corrected chi connectivity index (χ2v) is 38.4. The van der Waals surface area contributed by atoms with Crippen LogP contribution in [0.1, 0.15) is 283 Å². The number of nitrogens with zero attached hydrogens (tertiary/aromatic N) is 8. The lowest BCUT2D eigenvalue weighted by molar-refractivity contribution is -0.121. The number of carbonyl (C=O) groups excluding carboxylic acids is 6. The molecule has 6 aromatic carbocycles. The summed E-state index contributed by atoms with van der Waals surface area (Å²) < 4.78 is 22.6. The van der Waals surface area contributed by atoms with Gasteiger partial charge in [-0.2, -0.15) is 0 Å². The van der Waals surface area contributed by atoms with Gasteiger partial charge in [0.05, 0.1) is 81.1 Å². The summed E-state index contributed by atoms with van der Waals surface area (Å²) in [5, 5.41) is 5.96. The smallest absolute Gasteiger partial charge is 0.410 e. The van der Waals surface area contributed by atoms with Crippen molar-refractivity contribution >= 4 is 92.4 Å². The Morgan fingerprint density at radius 1 is 0.362 bits per heavy atom. The molecule has 8 heterocycles. The maximum Gasteiger partial charge on any atom is 0.410 e. The molecule has 6 saturated heterocycles. The molecule has 8 N–H and O–H groups in total. The minimum absolute atomic E-state index is 0.0172. The molecule has 8 atom stereocenters. The van der Waals surface area contributed by atoms with Gasteiger partial charge in [-0.05, 0) is 277 Å². The summed E-state index contributed by atoms with van der Waals surface area (Å²) in [4.78, 5) is 108. The van der Waals surface area contributed by atoms with E-state index in [1.165, 1.54) is 37.7 Å². The van der Waals surface area contributed by atoms with Gasteiger partial charge < -0.3 is 60.8 Å². The third-order valence-electron chi connectivity index (χ3n) is 22.8. The number of aromatic amines is 2. The van der Waals surface area contributed by atoms with Crippen molar-refractivity contribution < 1.29 is 47.7 Å². The van der Waals surface area contributed by atoms with Crippen LogP contribution in [-0.4, -0.2) is 136 Å². The van der Waals surface area contributed by atoms with Gasteiger partial charge in [-0.3, -0.25) is 29.2 Å². The minimum Gasteiger partial charge on any atom is -0.444 e. The van der Waals surface area contributed by atoms with E-state index in [1.54, 1.807) is 0 Å². The topological polar surface area (TPSA) is 292 Å². The second kappa shape index (κ2) is 32.5. The Morgan fingerprint density at radius 2 is 0.655 bits per heavy atom. The number of hydrogen-bond acceptors (Lipinski definition) is 16. The molecule has 24 heteroatoms. The third-order valence-corrected chi connectivity index (χ3v) is 22.8. The fourth-order valence-corrected chi connectivity index (χ4v) is 17.3. The van der Waals surface area contributed by atoms with Crippen molar-refractivity contribution in [1.29, 1.82) is 0 Å². The van der Waals surface area contributed by atoms with Gasteiger partial charge in [-0.15, -0.1) is 0 Å². The van der Waals surface area contributed by atoms with E-state index in [2.05, 4.69) is 157 Å². The lowest BCUT2D eigenvalue weighted by Crippen LogP contribution is -2.45. The first-order valence-corrected chi connectivity index (χ1v) is 41.7. The van der Waals surface area contributed by atoms with Crippen LogP contribution >= 0.6 is 0 Å². The highest BCUT2D eigenvalue weighted by molar-refractivity contribution is 6.00. The molecular formula is C92H122N14O10. The SMILES string of the molecule is CC(C)(C)OC(=O)N1CCCC1c1nc2ccc(C3CCC(c4ccc5nc(C6CCCN6C(=O)OC(C)(C)C)[nH]c5c4)N3c3ccc(C(C)(C)C)cc3)cc2[nH]1.CC(C)(C)OC(=O)N1CCC[C@H]1C(=O)Nc1ccc(C2CCC(c3ccc(NC(=O)[C@@H]4CCCN4C(=O)OC(C)(C)C)c(N)c3)N2c2ccc(C(C)(C)C)cc2)cc1N. The normalized spacial score (nSPS) is 21.5. The Balaban J connectivity index is 0.000000202. The summed E-state index contributed by atoms with van der Waals surface area (Å²) >= 11 is 0. The monoisotopic (exact) mass is 1580 g/mol.